The average Bonchev–Trinajstić information content (AvgIpc) is 2.90. The number of nitrogens with two attached hydrogens (primary N) is 1. The molecule has 35 heavy (non-hydrogen) atoms. The fraction of sp³-hybridized carbons (Fsp3) is 0.296. The van der Waals surface area contributed by atoms with E-state index in [0.717, 1.165) is 24.3 Å². The number of hydrogen-bond donors (Lipinski definition) is 3. The molecule has 1 aromatic heterocycles. The smallest absolute Gasteiger partial charge is 0.251 e. The highest BCUT2D eigenvalue weighted by atomic mass is 16.5. The summed E-state index contributed by atoms with van der Waals surface area (Å²) >= 11 is 0. The second-order valence-electron chi connectivity index (χ2n) is 8.60. The van der Waals surface area contributed by atoms with E-state index in [1.165, 1.54) is 7.11 Å². The summed E-state index contributed by atoms with van der Waals surface area (Å²) in [6.45, 7) is 2.91. The van der Waals surface area contributed by atoms with Gasteiger partial charge in [0.2, 0.25) is 0 Å². The molecule has 2 atom stereocenters. The van der Waals surface area contributed by atoms with Crippen molar-refractivity contribution in [2.75, 3.05) is 31.2 Å². The third-order valence-electron chi connectivity index (χ3n) is 6.22. The first-order chi connectivity index (χ1) is 17.0. The van der Waals surface area contributed by atoms with Gasteiger partial charge in [-0.1, -0.05) is 18.2 Å². The monoisotopic (exact) mass is 473 g/mol. The van der Waals surface area contributed by atoms with E-state index >= 15 is 0 Å². The molecular formula is C27H31N5O3. The highest BCUT2D eigenvalue weighted by Gasteiger charge is 2.30. The number of ether oxygens (including phenoxy) is 2. The summed E-state index contributed by atoms with van der Waals surface area (Å²) in [6, 6.07) is 18.9. The number of piperidine rings is 1. The Morgan fingerprint density at radius 3 is 2.57 bits per heavy atom. The third kappa shape index (κ3) is 5.78. The van der Waals surface area contributed by atoms with Crippen LogP contribution in [-0.4, -0.2) is 47.8 Å². The molecule has 1 fully saturated rings. The van der Waals surface area contributed by atoms with Crippen LogP contribution in [0.4, 0.5) is 17.2 Å². The minimum atomic E-state index is -0.495. The summed E-state index contributed by atoms with van der Waals surface area (Å²) in [7, 11) is 1.53. The number of anilines is 3. The molecule has 1 aliphatic rings. The van der Waals surface area contributed by atoms with E-state index in [0.29, 0.717) is 41.6 Å². The molecule has 8 nitrogen and oxygen atoms in total. The second kappa shape index (κ2) is 11.0. The number of carbonyl (C=O) groups is 1. The fourth-order valence-corrected chi connectivity index (χ4v) is 4.20. The Morgan fingerprint density at radius 2 is 1.86 bits per heavy atom. The molecule has 1 aliphatic heterocycles. The predicted molar refractivity (Wildman–Crippen MR) is 137 cm³/mol. The lowest BCUT2D eigenvalue weighted by atomic mass is 9.88. The zero-order valence-corrected chi connectivity index (χ0v) is 20.0. The zero-order valence-electron chi connectivity index (χ0n) is 20.0. The lowest BCUT2D eigenvalue weighted by molar-refractivity contribution is -0.142. The lowest BCUT2D eigenvalue weighted by Crippen LogP contribution is -2.46. The van der Waals surface area contributed by atoms with Crippen molar-refractivity contribution in [1.82, 2.24) is 9.88 Å². The summed E-state index contributed by atoms with van der Waals surface area (Å²) < 4.78 is 11.1. The number of likely N-dealkylation sites (tertiary alicyclic amines) is 1. The number of aromatic nitrogens is 1. The second-order valence-corrected chi connectivity index (χ2v) is 8.60. The van der Waals surface area contributed by atoms with Crippen molar-refractivity contribution in [2.45, 2.75) is 25.9 Å². The Bertz CT molecular complexity index is 1170. The van der Waals surface area contributed by atoms with Crippen molar-refractivity contribution in [3.8, 4) is 11.5 Å². The number of rotatable bonds is 8. The standard InChI is InChI=1S/C27H31N5O3/c1-18(34-2)27(33)32-16-6-7-19(17-32)24(28)23-14-15-30-26(29)25(23)31-20-10-12-22(13-11-20)35-21-8-4-3-5-9-21/h3-5,8-15,18-19,28,31H,6-7,16-17H2,1-2H3,(H2,29,30)/t18-,19-/m1/s1. The highest BCUT2D eigenvalue weighted by Crippen LogP contribution is 2.31. The zero-order chi connectivity index (χ0) is 24.8. The van der Waals surface area contributed by atoms with Gasteiger partial charge in [-0.15, -0.1) is 0 Å². The van der Waals surface area contributed by atoms with Crippen LogP contribution in [0.5, 0.6) is 11.5 Å². The van der Waals surface area contributed by atoms with Gasteiger partial charge in [0.05, 0.1) is 5.69 Å². The molecule has 8 heteroatoms. The summed E-state index contributed by atoms with van der Waals surface area (Å²) in [5, 5.41) is 12.3. The first-order valence-corrected chi connectivity index (χ1v) is 11.7. The number of nitrogen functional groups attached to an aromatic ring is 1. The van der Waals surface area contributed by atoms with Crippen LogP contribution in [0.25, 0.3) is 0 Å². The Morgan fingerprint density at radius 1 is 1.14 bits per heavy atom. The minimum Gasteiger partial charge on any atom is -0.457 e. The molecule has 4 N–H and O–H groups in total. The first kappa shape index (κ1) is 24.2. The number of amides is 1. The molecule has 1 saturated heterocycles. The average molecular weight is 474 g/mol. The molecule has 0 bridgehead atoms. The highest BCUT2D eigenvalue weighted by molar-refractivity contribution is 6.07. The number of nitrogens with one attached hydrogen (secondary N) is 2. The molecule has 0 spiro atoms. The largest absolute Gasteiger partial charge is 0.457 e. The predicted octanol–water partition coefficient (Wildman–Crippen LogP) is 4.84. The normalized spacial score (nSPS) is 16.4. The Hall–Kier alpha value is -3.91. The maximum atomic E-state index is 12.6. The number of benzene rings is 2. The number of hydrogen-bond acceptors (Lipinski definition) is 7. The Kier molecular flexibility index (Phi) is 7.62. The molecule has 3 aromatic rings. The van der Waals surface area contributed by atoms with Crippen molar-refractivity contribution in [1.29, 1.82) is 5.41 Å². The van der Waals surface area contributed by atoms with Crippen molar-refractivity contribution < 1.29 is 14.3 Å². The van der Waals surface area contributed by atoms with E-state index in [1.807, 2.05) is 54.6 Å². The fourth-order valence-electron chi connectivity index (χ4n) is 4.20. The van der Waals surface area contributed by atoms with Crippen LogP contribution in [0.3, 0.4) is 0 Å². The summed E-state index contributed by atoms with van der Waals surface area (Å²) in [6.07, 6.45) is 2.78. The molecule has 2 heterocycles. The molecular weight excluding hydrogens is 442 g/mol. The van der Waals surface area contributed by atoms with Gasteiger partial charge in [-0.3, -0.25) is 4.79 Å². The van der Waals surface area contributed by atoms with Crippen molar-refractivity contribution in [3.63, 3.8) is 0 Å². The SMILES string of the molecule is CO[C@H](C)C(=O)N1CCC[C@@H](C(=N)c2ccnc(N)c2Nc2ccc(Oc3ccccc3)cc2)C1. The summed E-state index contributed by atoms with van der Waals surface area (Å²) in [4.78, 5) is 18.6. The lowest BCUT2D eigenvalue weighted by Gasteiger charge is -2.34. The van der Waals surface area contributed by atoms with Gasteiger partial charge in [-0.05, 0) is 62.2 Å². The first-order valence-electron chi connectivity index (χ1n) is 11.7. The molecule has 4 rings (SSSR count). The summed E-state index contributed by atoms with van der Waals surface area (Å²) in [5.74, 6) is 1.65. The van der Waals surface area contributed by atoms with Gasteiger partial charge in [-0.2, -0.15) is 0 Å². The van der Waals surface area contributed by atoms with Crippen molar-refractivity contribution >= 4 is 28.8 Å². The van der Waals surface area contributed by atoms with Crippen LogP contribution in [0.1, 0.15) is 25.3 Å². The van der Waals surface area contributed by atoms with E-state index in [4.69, 9.17) is 20.6 Å². The van der Waals surface area contributed by atoms with Crippen LogP contribution in [-0.2, 0) is 9.53 Å². The molecule has 0 unspecified atom stereocenters. The van der Waals surface area contributed by atoms with E-state index in [1.54, 1.807) is 24.1 Å². The van der Waals surface area contributed by atoms with E-state index in [-0.39, 0.29) is 11.8 Å². The van der Waals surface area contributed by atoms with Crippen molar-refractivity contribution in [2.24, 2.45) is 5.92 Å². The third-order valence-corrected chi connectivity index (χ3v) is 6.22. The van der Waals surface area contributed by atoms with Gasteiger partial charge in [0, 0.05) is 49.3 Å². The minimum absolute atomic E-state index is 0.0459. The number of carbonyl (C=O) groups excluding carboxylic acids is 1. The van der Waals surface area contributed by atoms with E-state index in [2.05, 4.69) is 10.3 Å². The van der Waals surface area contributed by atoms with Crippen LogP contribution in [0.15, 0.2) is 66.9 Å². The maximum absolute atomic E-state index is 12.6. The van der Waals surface area contributed by atoms with Gasteiger partial charge in [0.25, 0.3) is 5.91 Å². The summed E-state index contributed by atoms with van der Waals surface area (Å²) in [5.41, 5.74) is 8.73. The van der Waals surface area contributed by atoms with Crippen LogP contribution in [0.2, 0.25) is 0 Å². The van der Waals surface area contributed by atoms with Gasteiger partial charge in [0.15, 0.2) is 0 Å². The quantitative estimate of drug-likeness (QED) is 0.404. The van der Waals surface area contributed by atoms with Gasteiger partial charge in [-0.25, -0.2) is 4.98 Å². The number of pyridine rings is 1. The topological polar surface area (TPSA) is 114 Å². The number of nitrogens with zero attached hydrogens (tertiary/aromatic N) is 2. The van der Waals surface area contributed by atoms with E-state index < -0.39 is 6.10 Å². The van der Waals surface area contributed by atoms with Crippen LogP contribution >= 0.6 is 0 Å². The number of para-hydroxylation sites is 1. The molecule has 0 radical (unpaired) electrons. The molecule has 2 aromatic carbocycles. The van der Waals surface area contributed by atoms with Gasteiger partial charge < -0.3 is 30.8 Å². The van der Waals surface area contributed by atoms with Gasteiger partial charge >= 0.3 is 0 Å². The Labute approximate surface area is 205 Å². The number of methoxy groups -OCH3 is 1. The van der Waals surface area contributed by atoms with Gasteiger partial charge in [0.1, 0.15) is 23.4 Å². The molecule has 0 aliphatic carbocycles. The van der Waals surface area contributed by atoms with E-state index in [9.17, 15) is 4.79 Å². The van der Waals surface area contributed by atoms with Crippen LogP contribution < -0.4 is 15.8 Å². The molecule has 1 amide bonds. The maximum Gasteiger partial charge on any atom is 0.251 e. The Balaban J connectivity index is 1.50. The molecule has 182 valence electrons. The molecule has 0 saturated carbocycles. The van der Waals surface area contributed by atoms with Crippen LogP contribution in [0, 0.1) is 11.3 Å². The van der Waals surface area contributed by atoms with Crippen molar-refractivity contribution in [3.05, 3.63) is 72.4 Å².